The van der Waals surface area contributed by atoms with Crippen LogP contribution in [0.1, 0.15) is 18.0 Å². The van der Waals surface area contributed by atoms with E-state index in [0.717, 1.165) is 4.47 Å². The molecule has 1 amide bonds. The molecule has 1 aromatic carbocycles. The van der Waals surface area contributed by atoms with Gasteiger partial charge in [0.2, 0.25) is 6.41 Å². The third kappa shape index (κ3) is 3.74. The van der Waals surface area contributed by atoms with Crippen molar-refractivity contribution < 1.29 is 19.4 Å². The second-order valence-corrected chi connectivity index (χ2v) is 4.24. The van der Waals surface area contributed by atoms with E-state index in [0.29, 0.717) is 17.7 Å². The number of nitrogens with one attached hydrogen (secondary N) is 1. The van der Waals surface area contributed by atoms with Gasteiger partial charge >= 0.3 is 5.97 Å². The van der Waals surface area contributed by atoms with Crippen molar-refractivity contribution in [2.24, 2.45) is 0 Å². The summed E-state index contributed by atoms with van der Waals surface area (Å²) in [5, 5.41) is 11.3. The highest BCUT2D eigenvalue weighted by molar-refractivity contribution is 9.10. The molecule has 6 heteroatoms. The van der Waals surface area contributed by atoms with Gasteiger partial charge in [0.1, 0.15) is 5.75 Å². The van der Waals surface area contributed by atoms with Gasteiger partial charge in [-0.2, -0.15) is 0 Å². The highest BCUT2D eigenvalue weighted by Crippen LogP contribution is 2.30. The number of methoxy groups -OCH3 is 1. The normalized spacial score (nSPS) is 11.6. The molecule has 1 atom stereocenters. The van der Waals surface area contributed by atoms with Gasteiger partial charge in [-0.05, 0) is 18.2 Å². The molecule has 0 saturated heterocycles. The molecule has 0 aliphatic carbocycles. The maximum atomic E-state index is 10.7. The Bertz CT molecular complexity index is 422. The van der Waals surface area contributed by atoms with Crippen molar-refractivity contribution in [1.82, 2.24) is 5.32 Å². The van der Waals surface area contributed by atoms with Crippen LogP contribution in [0, 0.1) is 0 Å². The van der Waals surface area contributed by atoms with Crippen LogP contribution in [0.25, 0.3) is 0 Å². The Kier molecular flexibility index (Phi) is 4.96. The van der Waals surface area contributed by atoms with Crippen molar-refractivity contribution in [2.75, 3.05) is 7.11 Å². The minimum atomic E-state index is -0.994. The average Bonchev–Trinajstić information content (AvgIpc) is 2.28. The summed E-state index contributed by atoms with van der Waals surface area (Å²) in [5.41, 5.74) is 0.622. The first-order chi connectivity index (χ1) is 8.08. The van der Waals surface area contributed by atoms with Gasteiger partial charge in [-0.1, -0.05) is 15.9 Å². The van der Waals surface area contributed by atoms with E-state index in [1.54, 1.807) is 18.2 Å². The maximum absolute atomic E-state index is 10.7. The van der Waals surface area contributed by atoms with Crippen LogP contribution in [-0.2, 0) is 9.59 Å². The van der Waals surface area contributed by atoms with E-state index < -0.39 is 12.0 Å². The van der Waals surface area contributed by atoms with Crippen molar-refractivity contribution in [3.63, 3.8) is 0 Å². The summed E-state index contributed by atoms with van der Waals surface area (Å²) in [7, 11) is 1.49. The predicted molar refractivity (Wildman–Crippen MR) is 64.9 cm³/mol. The van der Waals surface area contributed by atoms with Crippen LogP contribution in [0.5, 0.6) is 5.75 Å². The number of amides is 1. The predicted octanol–water partition coefficient (Wildman–Crippen LogP) is 1.72. The van der Waals surface area contributed by atoms with E-state index in [4.69, 9.17) is 9.84 Å². The van der Waals surface area contributed by atoms with Crippen LogP contribution in [0.3, 0.4) is 0 Å². The number of hydrogen-bond donors (Lipinski definition) is 2. The molecule has 0 aliphatic heterocycles. The molecule has 0 spiro atoms. The molecule has 1 rings (SSSR count). The molecule has 2 N–H and O–H groups in total. The summed E-state index contributed by atoms with van der Waals surface area (Å²) >= 11 is 3.29. The number of hydrogen-bond acceptors (Lipinski definition) is 3. The lowest BCUT2D eigenvalue weighted by Crippen LogP contribution is -2.23. The van der Waals surface area contributed by atoms with Crippen LogP contribution in [0.2, 0.25) is 0 Å². The van der Waals surface area contributed by atoms with E-state index >= 15 is 0 Å². The van der Waals surface area contributed by atoms with E-state index in [-0.39, 0.29) is 6.42 Å². The van der Waals surface area contributed by atoms with Gasteiger partial charge in [0.15, 0.2) is 0 Å². The number of carbonyl (C=O) groups is 2. The molecule has 0 bridgehead atoms. The van der Waals surface area contributed by atoms with E-state index in [1.165, 1.54) is 7.11 Å². The molecular formula is C11H12BrNO4. The highest BCUT2D eigenvalue weighted by Gasteiger charge is 2.19. The van der Waals surface area contributed by atoms with Crippen molar-refractivity contribution >= 4 is 28.3 Å². The largest absolute Gasteiger partial charge is 0.496 e. The summed E-state index contributed by atoms with van der Waals surface area (Å²) in [6.07, 6.45) is 0.277. The van der Waals surface area contributed by atoms with Gasteiger partial charge in [-0.15, -0.1) is 0 Å². The summed E-state index contributed by atoms with van der Waals surface area (Å²) in [4.78, 5) is 21.2. The molecule has 92 valence electrons. The summed E-state index contributed by atoms with van der Waals surface area (Å²) in [5.74, 6) is -0.458. The molecule has 17 heavy (non-hydrogen) atoms. The Labute approximate surface area is 107 Å². The Morgan fingerprint density at radius 3 is 2.88 bits per heavy atom. The first-order valence-corrected chi connectivity index (χ1v) is 5.62. The first-order valence-electron chi connectivity index (χ1n) is 4.83. The number of halogens is 1. The number of ether oxygens (including phenoxy) is 1. The topological polar surface area (TPSA) is 75.6 Å². The third-order valence-electron chi connectivity index (χ3n) is 2.22. The number of carbonyl (C=O) groups excluding carboxylic acids is 1. The molecule has 0 unspecified atom stereocenters. The number of benzene rings is 1. The van der Waals surface area contributed by atoms with Crippen LogP contribution < -0.4 is 10.1 Å². The number of carboxylic acid groups (broad SMARTS) is 1. The van der Waals surface area contributed by atoms with Gasteiger partial charge in [0, 0.05) is 10.0 Å². The van der Waals surface area contributed by atoms with Gasteiger partial charge in [0.05, 0.1) is 19.6 Å². The second-order valence-electron chi connectivity index (χ2n) is 3.32. The monoisotopic (exact) mass is 301 g/mol. The van der Waals surface area contributed by atoms with Gasteiger partial charge in [-0.3, -0.25) is 9.59 Å². The number of aliphatic carboxylic acids is 1. The third-order valence-corrected chi connectivity index (χ3v) is 2.71. The summed E-state index contributed by atoms with van der Waals surface area (Å²) < 4.78 is 5.93. The molecule has 0 radical (unpaired) electrons. The smallest absolute Gasteiger partial charge is 0.305 e. The molecule has 0 saturated carbocycles. The molecule has 0 aromatic heterocycles. The second kappa shape index (κ2) is 6.24. The zero-order valence-electron chi connectivity index (χ0n) is 9.14. The summed E-state index contributed by atoms with van der Waals surface area (Å²) in [6.45, 7) is 0. The fourth-order valence-corrected chi connectivity index (χ4v) is 1.87. The van der Waals surface area contributed by atoms with E-state index in [9.17, 15) is 9.59 Å². The van der Waals surface area contributed by atoms with Crippen LogP contribution >= 0.6 is 15.9 Å². The highest BCUT2D eigenvalue weighted by atomic mass is 79.9. The molecular weight excluding hydrogens is 290 g/mol. The van der Waals surface area contributed by atoms with Crippen molar-refractivity contribution in [2.45, 2.75) is 12.5 Å². The maximum Gasteiger partial charge on any atom is 0.305 e. The average molecular weight is 302 g/mol. The molecule has 0 fully saturated rings. The Balaban J connectivity index is 3.10. The first kappa shape index (κ1) is 13.5. The summed E-state index contributed by atoms with van der Waals surface area (Å²) in [6, 6.07) is 4.60. The van der Waals surface area contributed by atoms with Gasteiger partial charge in [-0.25, -0.2) is 0 Å². The number of rotatable bonds is 6. The van der Waals surface area contributed by atoms with Crippen molar-refractivity contribution in [3.05, 3.63) is 28.2 Å². The van der Waals surface area contributed by atoms with E-state index in [1.807, 2.05) is 0 Å². The van der Waals surface area contributed by atoms with Gasteiger partial charge < -0.3 is 15.2 Å². The lowest BCUT2D eigenvalue weighted by molar-refractivity contribution is -0.137. The zero-order chi connectivity index (χ0) is 12.8. The Morgan fingerprint density at radius 2 is 2.35 bits per heavy atom. The zero-order valence-corrected chi connectivity index (χ0v) is 10.7. The fraction of sp³-hybridized carbons (Fsp3) is 0.273. The van der Waals surface area contributed by atoms with Crippen molar-refractivity contribution in [1.29, 1.82) is 0 Å². The lowest BCUT2D eigenvalue weighted by Gasteiger charge is -2.17. The Hall–Kier alpha value is -1.56. The van der Waals surface area contributed by atoms with Crippen molar-refractivity contribution in [3.8, 4) is 5.75 Å². The van der Waals surface area contributed by atoms with Crippen LogP contribution in [0.4, 0.5) is 0 Å². The fourth-order valence-electron chi connectivity index (χ4n) is 1.49. The number of carboxylic acids is 1. The SMILES string of the molecule is COc1ccc(Br)cc1[C@H](CC(=O)O)NC=O. The minimum absolute atomic E-state index is 0.203. The van der Waals surface area contributed by atoms with Crippen LogP contribution in [0.15, 0.2) is 22.7 Å². The minimum Gasteiger partial charge on any atom is -0.496 e. The van der Waals surface area contributed by atoms with Gasteiger partial charge in [0.25, 0.3) is 0 Å². The quantitative estimate of drug-likeness (QED) is 0.785. The lowest BCUT2D eigenvalue weighted by atomic mass is 10.0. The Morgan fingerprint density at radius 1 is 1.65 bits per heavy atom. The molecule has 1 aromatic rings. The van der Waals surface area contributed by atoms with E-state index in [2.05, 4.69) is 21.2 Å². The molecule has 0 aliphatic rings. The standard InChI is InChI=1S/C11H12BrNO4/c1-17-10-3-2-7(12)4-8(10)9(13-6-14)5-11(15)16/h2-4,6,9H,5H2,1H3,(H,13,14)(H,15,16)/t9-/m0/s1. The molecule has 0 heterocycles. The van der Waals surface area contributed by atoms with Crippen LogP contribution in [-0.4, -0.2) is 24.6 Å². The molecule has 5 nitrogen and oxygen atoms in total.